The molecule has 2 rings (SSSR count). The summed E-state index contributed by atoms with van der Waals surface area (Å²) in [6, 6.07) is 1.22. The smallest absolute Gasteiger partial charge is 0.0700 e. The Morgan fingerprint density at radius 1 is 1.19 bits per heavy atom. The molecule has 2 aliphatic carbocycles. The molecule has 2 heteroatoms. The normalized spacial score (nSPS) is 40.3. The third-order valence-corrected chi connectivity index (χ3v) is 4.28. The molecule has 0 bridgehead atoms. The minimum atomic E-state index is -0.0918. The topological polar surface area (TPSA) is 23.5 Å². The molecule has 0 aliphatic heterocycles. The van der Waals surface area contributed by atoms with Crippen LogP contribution in [0.25, 0.3) is 0 Å². The molecule has 16 heavy (non-hydrogen) atoms. The van der Waals surface area contributed by atoms with Crippen molar-refractivity contribution >= 4 is 0 Å². The molecule has 1 N–H and O–H groups in total. The molecule has 0 aromatic heterocycles. The molecule has 0 spiro atoms. The van der Waals surface area contributed by atoms with Gasteiger partial charge in [0.1, 0.15) is 0 Å². The van der Waals surface area contributed by atoms with Gasteiger partial charge in [-0.15, -0.1) is 0 Å². The molecule has 0 amide bonds. The first-order chi connectivity index (χ1) is 7.63. The molecule has 0 saturated heterocycles. The number of aliphatic hydroxyl groups excluding tert-OH is 1. The van der Waals surface area contributed by atoms with E-state index >= 15 is 0 Å². The van der Waals surface area contributed by atoms with Crippen LogP contribution in [-0.2, 0) is 0 Å². The highest BCUT2D eigenvalue weighted by atomic mass is 16.3. The molecule has 94 valence electrons. The summed E-state index contributed by atoms with van der Waals surface area (Å²) >= 11 is 0. The van der Waals surface area contributed by atoms with Crippen molar-refractivity contribution in [1.29, 1.82) is 0 Å². The maximum absolute atomic E-state index is 10.3. The largest absolute Gasteiger partial charge is 0.391 e. The number of aliphatic hydroxyl groups is 1. The fourth-order valence-electron chi connectivity index (χ4n) is 3.59. The van der Waals surface area contributed by atoms with Gasteiger partial charge in [0.15, 0.2) is 0 Å². The van der Waals surface area contributed by atoms with Crippen LogP contribution in [0.1, 0.15) is 52.9 Å². The molecule has 0 heterocycles. The standard InChI is InChI=1S/C14H27NO/c1-4-7-15(12-5-6-12)14-11(3)8-10(2)9-13(14)16/h10-14,16H,4-9H2,1-3H3. The highest BCUT2D eigenvalue weighted by Crippen LogP contribution is 2.38. The van der Waals surface area contributed by atoms with Crippen molar-refractivity contribution < 1.29 is 5.11 Å². The minimum Gasteiger partial charge on any atom is -0.391 e. The lowest BCUT2D eigenvalue weighted by molar-refractivity contribution is -0.0281. The van der Waals surface area contributed by atoms with E-state index in [1.807, 2.05) is 0 Å². The molecule has 0 aromatic rings. The van der Waals surface area contributed by atoms with Crippen molar-refractivity contribution in [2.45, 2.75) is 71.1 Å². The quantitative estimate of drug-likeness (QED) is 0.795. The number of rotatable bonds is 4. The van der Waals surface area contributed by atoms with Gasteiger partial charge in [-0.1, -0.05) is 20.8 Å². The number of hydrogen-bond acceptors (Lipinski definition) is 2. The van der Waals surface area contributed by atoms with Crippen molar-refractivity contribution in [2.75, 3.05) is 6.54 Å². The van der Waals surface area contributed by atoms with Crippen molar-refractivity contribution in [3.8, 4) is 0 Å². The summed E-state index contributed by atoms with van der Waals surface area (Å²) in [5.41, 5.74) is 0. The van der Waals surface area contributed by atoms with Crippen LogP contribution in [-0.4, -0.2) is 34.7 Å². The van der Waals surface area contributed by atoms with Gasteiger partial charge in [-0.3, -0.25) is 4.90 Å². The zero-order valence-electron chi connectivity index (χ0n) is 11.0. The Kier molecular flexibility index (Phi) is 3.91. The SMILES string of the molecule is CCCN(C1CC1)C1C(C)CC(C)CC1O. The summed E-state index contributed by atoms with van der Waals surface area (Å²) in [5, 5.41) is 10.3. The molecule has 4 unspecified atom stereocenters. The van der Waals surface area contributed by atoms with Crippen LogP contribution in [0.2, 0.25) is 0 Å². The summed E-state index contributed by atoms with van der Waals surface area (Å²) in [6.45, 7) is 8.02. The lowest BCUT2D eigenvalue weighted by Crippen LogP contribution is -2.52. The van der Waals surface area contributed by atoms with E-state index in [9.17, 15) is 5.11 Å². The van der Waals surface area contributed by atoms with Crippen LogP contribution in [0.3, 0.4) is 0 Å². The summed E-state index contributed by atoms with van der Waals surface area (Å²) in [6.07, 6.45) is 6.11. The van der Waals surface area contributed by atoms with Gasteiger partial charge in [0.2, 0.25) is 0 Å². The van der Waals surface area contributed by atoms with E-state index < -0.39 is 0 Å². The number of hydrogen-bond donors (Lipinski definition) is 1. The Bertz CT molecular complexity index is 215. The Balaban J connectivity index is 2.03. The fraction of sp³-hybridized carbons (Fsp3) is 1.00. The van der Waals surface area contributed by atoms with Gasteiger partial charge in [-0.25, -0.2) is 0 Å². The molecule has 0 aromatic carbocycles. The molecule has 0 radical (unpaired) electrons. The van der Waals surface area contributed by atoms with E-state index in [0.717, 1.165) is 12.5 Å². The molecular weight excluding hydrogens is 198 g/mol. The van der Waals surface area contributed by atoms with Gasteiger partial charge in [-0.05, 0) is 50.5 Å². The van der Waals surface area contributed by atoms with Crippen LogP contribution in [0, 0.1) is 11.8 Å². The zero-order chi connectivity index (χ0) is 11.7. The average molecular weight is 225 g/mol. The van der Waals surface area contributed by atoms with Crippen molar-refractivity contribution in [2.24, 2.45) is 11.8 Å². The second-order valence-electron chi connectivity index (χ2n) is 6.08. The van der Waals surface area contributed by atoms with Crippen LogP contribution < -0.4 is 0 Å². The van der Waals surface area contributed by atoms with Crippen molar-refractivity contribution in [1.82, 2.24) is 4.90 Å². The summed E-state index contributed by atoms with van der Waals surface area (Å²) < 4.78 is 0. The Morgan fingerprint density at radius 2 is 1.88 bits per heavy atom. The van der Waals surface area contributed by atoms with Crippen LogP contribution in [0.4, 0.5) is 0 Å². The van der Waals surface area contributed by atoms with Crippen LogP contribution in [0.15, 0.2) is 0 Å². The Labute approximate surface area is 100 Å². The van der Waals surface area contributed by atoms with Crippen molar-refractivity contribution in [3.63, 3.8) is 0 Å². The second kappa shape index (κ2) is 5.05. The highest BCUT2D eigenvalue weighted by Gasteiger charge is 2.41. The van der Waals surface area contributed by atoms with E-state index in [0.29, 0.717) is 17.9 Å². The first kappa shape index (κ1) is 12.4. The third-order valence-electron chi connectivity index (χ3n) is 4.28. The van der Waals surface area contributed by atoms with Gasteiger partial charge < -0.3 is 5.11 Å². The molecular formula is C14H27NO. The first-order valence-corrected chi connectivity index (χ1v) is 7.07. The predicted molar refractivity (Wildman–Crippen MR) is 67.4 cm³/mol. The summed E-state index contributed by atoms with van der Waals surface area (Å²) in [5.74, 6) is 1.36. The van der Waals surface area contributed by atoms with E-state index in [4.69, 9.17) is 0 Å². The lowest BCUT2D eigenvalue weighted by Gasteiger charge is -2.44. The maximum atomic E-state index is 10.3. The predicted octanol–water partition coefficient (Wildman–Crippen LogP) is 2.66. The van der Waals surface area contributed by atoms with Gasteiger partial charge >= 0.3 is 0 Å². The summed E-state index contributed by atoms with van der Waals surface area (Å²) in [7, 11) is 0. The molecule has 2 saturated carbocycles. The second-order valence-corrected chi connectivity index (χ2v) is 6.08. The Hall–Kier alpha value is -0.0800. The minimum absolute atomic E-state index is 0.0918. The van der Waals surface area contributed by atoms with Gasteiger partial charge in [0.25, 0.3) is 0 Å². The monoisotopic (exact) mass is 225 g/mol. The molecule has 2 nitrogen and oxygen atoms in total. The highest BCUT2D eigenvalue weighted by molar-refractivity contribution is 4.96. The van der Waals surface area contributed by atoms with Crippen molar-refractivity contribution in [3.05, 3.63) is 0 Å². The molecule has 2 aliphatic rings. The fourth-order valence-corrected chi connectivity index (χ4v) is 3.59. The van der Waals surface area contributed by atoms with E-state index in [1.54, 1.807) is 0 Å². The lowest BCUT2D eigenvalue weighted by atomic mass is 9.77. The molecule has 2 fully saturated rings. The zero-order valence-corrected chi connectivity index (χ0v) is 11.0. The molecule has 4 atom stereocenters. The van der Waals surface area contributed by atoms with E-state index in [1.165, 1.54) is 32.2 Å². The van der Waals surface area contributed by atoms with Gasteiger partial charge in [0, 0.05) is 12.1 Å². The van der Waals surface area contributed by atoms with E-state index in [2.05, 4.69) is 25.7 Å². The summed E-state index contributed by atoms with van der Waals surface area (Å²) in [4.78, 5) is 2.61. The first-order valence-electron chi connectivity index (χ1n) is 7.07. The van der Waals surface area contributed by atoms with Gasteiger partial charge in [-0.2, -0.15) is 0 Å². The van der Waals surface area contributed by atoms with E-state index in [-0.39, 0.29) is 6.10 Å². The Morgan fingerprint density at radius 3 is 2.38 bits per heavy atom. The van der Waals surface area contributed by atoms with Gasteiger partial charge in [0.05, 0.1) is 6.10 Å². The number of nitrogens with zero attached hydrogens (tertiary/aromatic N) is 1. The van der Waals surface area contributed by atoms with Crippen LogP contribution >= 0.6 is 0 Å². The third kappa shape index (κ3) is 2.60. The van der Waals surface area contributed by atoms with Crippen LogP contribution in [0.5, 0.6) is 0 Å². The maximum Gasteiger partial charge on any atom is 0.0700 e. The average Bonchev–Trinajstić information content (AvgIpc) is 2.97.